The third-order valence-corrected chi connectivity index (χ3v) is 2.79. The Bertz CT molecular complexity index is 406. The van der Waals surface area contributed by atoms with Crippen LogP contribution in [0.1, 0.15) is 6.92 Å². The molecule has 20 heavy (non-hydrogen) atoms. The van der Waals surface area contributed by atoms with Gasteiger partial charge in [-0.05, 0) is 19.1 Å². The van der Waals surface area contributed by atoms with Crippen molar-refractivity contribution >= 4 is 0 Å². The molecule has 1 atom stereocenters. The summed E-state index contributed by atoms with van der Waals surface area (Å²) < 4.78 is 10.5. The Kier molecular flexibility index (Phi) is 6.75. The summed E-state index contributed by atoms with van der Waals surface area (Å²) in [6.45, 7) is 2.94. The fourth-order valence-corrected chi connectivity index (χ4v) is 1.65. The van der Waals surface area contributed by atoms with E-state index < -0.39 is 6.04 Å². The van der Waals surface area contributed by atoms with Crippen LogP contribution < -0.4 is 20.0 Å². The van der Waals surface area contributed by atoms with Crippen LogP contribution in [0.25, 0.3) is 0 Å². The molecule has 1 unspecified atom stereocenters. The molecular formula is C13H21N3O4. The van der Waals surface area contributed by atoms with Crippen molar-refractivity contribution in [3.63, 3.8) is 0 Å². The summed E-state index contributed by atoms with van der Waals surface area (Å²) in [5, 5.41) is 4.56. The molecule has 0 aliphatic heterocycles. The highest BCUT2D eigenvalue weighted by molar-refractivity contribution is 5.50. The molecule has 1 aromatic carbocycles. The summed E-state index contributed by atoms with van der Waals surface area (Å²) in [6.07, 6.45) is 0. The predicted molar refractivity (Wildman–Crippen MR) is 76.1 cm³/mol. The monoisotopic (exact) mass is 283 g/mol. The van der Waals surface area contributed by atoms with Crippen LogP contribution in [-0.2, 0) is 0 Å². The van der Waals surface area contributed by atoms with Gasteiger partial charge in [-0.1, -0.05) is 11.2 Å². The molecule has 0 heterocycles. The first kappa shape index (κ1) is 16.2. The average Bonchev–Trinajstić information content (AvgIpc) is 2.51. The van der Waals surface area contributed by atoms with E-state index in [9.17, 15) is 4.91 Å². The number of methoxy groups -OCH3 is 2. The molecule has 2 N–H and O–H groups in total. The molecule has 0 radical (unpaired) electrons. The topological polar surface area (TPSA) is 86.4 Å². The Morgan fingerprint density at radius 2 is 1.90 bits per heavy atom. The van der Waals surface area contributed by atoms with E-state index in [4.69, 9.17) is 20.0 Å². The number of rotatable bonds is 9. The lowest BCUT2D eigenvalue weighted by molar-refractivity contribution is -0.0607. The standard InChI is InChI=1S/C13H21N3O4/c1-4-16(9-10(8-14)15-17)20-13-11(18-2)6-5-7-12(13)19-3/h5-7,10H,4,8-9,14H2,1-3H3. The quantitative estimate of drug-likeness (QED) is 0.545. The van der Waals surface area contributed by atoms with Crippen molar-refractivity contribution in [1.82, 2.24) is 5.06 Å². The first-order chi connectivity index (χ1) is 9.69. The van der Waals surface area contributed by atoms with Crippen LogP contribution in [-0.4, -0.2) is 45.0 Å². The highest BCUT2D eigenvalue weighted by Crippen LogP contribution is 2.37. The maximum Gasteiger partial charge on any atom is 0.230 e. The van der Waals surface area contributed by atoms with Crippen molar-refractivity contribution in [2.75, 3.05) is 33.9 Å². The van der Waals surface area contributed by atoms with Crippen LogP contribution >= 0.6 is 0 Å². The van der Waals surface area contributed by atoms with E-state index in [1.165, 1.54) is 0 Å². The number of nitrogens with two attached hydrogens (primary N) is 1. The van der Waals surface area contributed by atoms with Crippen LogP contribution in [0.5, 0.6) is 17.2 Å². The summed E-state index contributed by atoms with van der Waals surface area (Å²) in [7, 11) is 3.10. The second-order valence-electron chi connectivity index (χ2n) is 4.06. The van der Waals surface area contributed by atoms with Gasteiger partial charge in [0.25, 0.3) is 0 Å². The van der Waals surface area contributed by atoms with Gasteiger partial charge in [0, 0.05) is 13.1 Å². The molecule has 7 heteroatoms. The molecule has 0 saturated carbocycles. The lowest BCUT2D eigenvalue weighted by atomic mass is 10.3. The molecule has 7 nitrogen and oxygen atoms in total. The third kappa shape index (κ3) is 4.07. The lowest BCUT2D eigenvalue weighted by Gasteiger charge is -2.24. The van der Waals surface area contributed by atoms with Gasteiger partial charge in [0.15, 0.2) is 11.5 Å². The second kappa shape index (κ2) is 8.34. The van der Waals surface area contributed by atoms with Gasteiger partial charge in [0.05, 0.1) is 20.8 Å². The third-order valence-electron chi connectivity index (χ3n) is 2.79. The first-order valence-electron chi connectivity index (χ1n) is 6.36. The van der Waals surface area contributed by atoms with Crippen LogP contribution in [0, 0.1) is 4.91 Å². The minimum absolute atomic E-state index is 0.173. The van der Waals surface area contributed by atoms with Gasteiger partial charge in [0.1, 0.15) is 6.04 Å². The van der Waals surface area contributed by atoms with Crippen molar-refractivity contribution in [2.45, 2.75) is 13.0 Å². The first-order valence-corrected chi connectivity index (χ1v) is 6.36. The minimum Gasteiger partial charge on any atom is -0.493 e. The van der Waals surface area contributed by atoms with Gasteiger partial charge in [0.2, 0.25) is 5.75 Å². The normalized spacial score (nSPS) is 12.1. The van der Waals surface area contributed by atoms with Crippen molar-refractivity contribution in [1.29, 1.82) is 0 Å². The summed E-state index contributed by atoms with van der Waals surface area (Å²) in [6, 6.07) is 4.82. The molecule has 0 aliphatic carbocycles. The zero-order valence-electron chi connectivity index (χ0n) is 12.0. The second-order valence-corrected chi connectivity index (χ2v) is 4.06. The van der Waals surface area contributed by atoms with Crippen molar-refractivity contribution in [3.8, 4) is 17.2 Å². The molecular weight excluding hydrogens is 262 g/mol. The van der Waals surface area contributed by atoms with Gasteiger partial charge in [-0.15, -0.1) is 5.06 Å². The Balaban J connectivity index is 2.91. The Morgan fingerprint density at radius 3 is 2.30 bits per heavy atom. The molecule has 0 aromatic heterocycles. The van der Waals surface area contributed by atoms with Crippen molar-refractivity contribution in [2.24, 2.45) is 10.9 Å². The number of likely N-dealkylation sites (N-methyl/N-ethyl adjacent to an activating group) is 1. The van der Waals surface area contributed by atoms with E-state index in [1.54, 1.807) is 37.5 Å². The number of benzene rings is 1. The number of para-hydroxylation sites is 1. The predicted octanol–water partition coefficient (Wildman–Crippen LogP) is 1.41. The number of hydroxylamine groups is 2. The van der Waals surface area contributed by atoms with Gasteiger partial charge in [-0.3, -0.25) is 0 Å². The number of nitroso groups, excluding NO2 is 1. The van der Waals surface area contributed by atoms with Crippen LogP contribution in [0.15, 0.2) is 23.4 Å². The summed E-state index contributed by atoms with van der Waals surface area (Å²) in [5.74, 6) is 1.55. The molecule has 0 fully saturated rings. The molecule has 1 aromatic rings. The van der Waals surface area contributed by atoms with Gasteiger partial charge < -0.3 is 20.0 Å². The maximum absolute atomic E-state index is 10.6. The lowest BCUT2D eigenvalue weighted by Crippen LogP contribution is -2.37. The van der Waals surface area contributed by atoms with E-state index in [-0.39, 0.29) is 6.54 Å². The smallest absolute Gasteiger partial charge is 0.230 e. The number of ether oxygens (including phenoxy) is 2. The van der Waals surface area contributed by atoms with Crippen LogP contribution in [0.2, 0.25) is 0 Å². The fourth-order valence-electron chi connectivity index (χ4n) is 1.65. The zero-order valence-corrected chi connectivity index (χ0v) is 12.0. The molecule has 0 amide bonds. The van der Waals surface area contributed by atoms with E-state index in [2.05, 4.69) is 5.18 Å². The van der Waals surface area contributed by atoms with Crippen molar-refractivity contribution < 1.29 is 14.3 Å². The highest BCUT2D eigenvalue weighted by Gasteiger charge is 2.18. The molecule has 0 bridgehead atoms. The Morgan fingerprint density at radius 1 is 1.30 bits per heavy atom. The Hall–Kier alpha value is -1.86. The SMILES string of the molecule is CCN(CC(CN)N=O)Oc1c(OC)cccc1OC. The number of hydrogen-bond acceptors (Lipinski definition) is 7. The Labute approximate surface area is 118 Å². The molecule has 1 rings (SSSR count). The molecule has 0 spiro atoms. The molecule has 112 valence electrons. The number of hydrogen-bond donors (Lipinski definition) is 1. The minimum atomic E-state index is -0.518. The molecule has 0 aliphatic rings. The van der Waals surface area contributed by atoms with Gasteiger partial charge in [-0.25, -0.2) is 0 Å². The maximum atomic E-state index is 10.6. The largest absolute Gasteiger partial charge is 0.493 e. The highest BCUT2D eigenvalue weighted by atomic mass is 16.7. The summed E-state index contributed by atoms with van der Waals surface area (Å²) >= 11 is 0. The van der Waals surface area contributed by atoms with Gasteiger partial charge >= 0.3 is 0 Å². The van der Waals surface area contributed by atoms with E-state index >= 15 is 0 Å². The molecule has 0 saturated heterocycles. The van der Waals surface area contributed by atoms with Gasteiger partial charge in [-0.2, -0.15) is 4.91 Å². The average molecular weight is 283 g/mol. The fraction of sp³-hybridized carbons (Fsp3) is 0.538. The summed E-state index contributed by atoms with van der Waals surface area (Å²) in [4.78, 5) is 16.4. The van der Waals surface area contributed by atoms with Crippen LogP contribution in [0.3, 0.4) is 0 Å². The zero-order chi connectivity index (χ0) is 15.0. The summed E-state index contributed by atoms with van der Waals surface area (Å²) in [5.41, 5.74) is 5.47. The number of nitrogens with zero attached hydrogens (tertiary/aromatic N) is 2. The van der Waals surface area contributed by atoms with E-state index in [1.807, 2.05) is 6.92 Å². The van der Waals surface area contributed by atoms with Crippen LogP contribution in [0.4, 0.5) is 0 Å². The van der Waals surface area contributed by atoms with E-state index in [0.717, 1.165) is 0 Å². The van der Waals surface area contributed by atoms with Crippen molar-refractivity contribution in [3.05, 3.63) is 23.1 Å². The van der Waals surface area contributed by atoms with E-state index in [0.29, 0.717) is 30.3 Å².